The Morgan fingerprint density at radius 2 is 1.48 bits per heavy atom. The van der Waals surface area contributed by atoms with Gasteiger partial charge in [0.1, 0.15) is 13.2 Å². The van der Waals surface area contributed by atoms with E-state index in [4.69, 9.17) is 9.47 Å². The Hall–Kier alpha value is -3.96. The maximum absolute atomic E-state index is 13.9. The highest BCUT2D eigenvalue weighted by atomic mass is 19.1. The first-order valence-corrected chi connectivity index (χ1v) is 8.85. The van der Waals surface area contributed by atoms with E-state index in [1.54, 1.807) is 0 Å². The number of nitrogens with zero attached hydrogens (tertiary/aromatic N) is 2. The summed E-state index contributed by atoms with van der Waals surface area (Å²) in [5.41, 5.74) is -1.41. The molecule has 10 nitrogen and oxygen atoms in total. The quantitative estimate of drug-likeness (QED) is 0.311. The van der Waals surface area contributed by atoms with Crippen LogP contribution >= 0.6 is 0 Å². The van der Waals surface area contributed by atoms with Crippen molar-refractivity contribution in [3.8, 4) is 0 Å². The second-order valence-electron chi connectivity index (χ2n) is 6.23. The van der Waals surface area contributed by atoms with E-state index in [1.165, 1.54) is 18.2 Å². The van der Waals surface area contributed by atoms with E-state index >= 15 is 0 Å². The number of carbonyl (C=O) groups excluding carboxylic acids is 2. The van der Waals surface area contributed by atoms with E-state index in [2.05, 4.69) is 0 Å². The summed E-state index contributed by atoms with van der Waals surface area (Å²) < 4.78 is 36.9. The summed E-state index contributed by atoms with van der Waals surface area (Å²) in [6.45, 7) is -0.809. The fourth-order valence-corrected chi connectivity index (χ4v) is 2.45. The third-order valence-corrected chi connectivity index (χ3v) is 4.01. The topological polar surface area (TPSA) is 139 Å². The van der Waals surface area contributed by atoms with Crippen LogP contribution in [0.15, 0.2) is 36.4 Å². The minimum absolute atomic E-state index is 0.0542. The third-order valence-electron chi connectivity index (χ3n) is 4.01. The highest BCUT2D eigenvalue weighted by Crippen LogP contribution is 2.21. The molecule has 0 N–H and O–H groups in total. The van der Waals surface area contributed by atoms with E-state index < -0.39 is 51.4 Å². The Balaban J connectivity index is 1.73. The summed E-state index contributed by atoms with van der Waals surface area (Å²) in [7, 11) is 0. The molecule has 0 unspecified atom stereocenters. The molecule has 0 spiro atoms. The van der Waals surface area contributed by atoms with Crippen LogP contribution in [0.1, 0.15) is 30.4 Å². The maximum Gasteiger partial charge on any atom is 0.306 e. The molecule has 2 aromatic carbocycles. The Kier molecular flexibility index (Phi) is 8.06. The highest BCUT2D eigenvalue weighted by molar-refractivity contribution is 5.72. The lowest BCUT2D eigenvalue weighted by molar-refractivity contribution is -0.387. The number of hydrogen-bond acceptors (Lipinski definition) is 8. The van der Waals surface area contributed by atoms with Crippen LogP contribution in [0.2, 0.25) is 0 Å². The minimum atomic E-state index is -1.09. The Bertz CT molecular complexity index is 1010. The molecule has 12 heteroatoms. The van der Waals surface area contributed by atoms with E-state index in [1.807, 2.05) is 0 Å². The van der Waals surface area contributed by atoms with Crippen LogP contribution in [0.3, 0.4) is 0 Å². The molecule has 0 saturated carbocycles. The number of ether oxygens (including phenoxy) is 2. The number of esters is 2. The van der Waals surface area contributed by atoms with Crippen LogP contribution in [-0.4, -0.2) is 21.8 Å². The monoisotopic (exact) mass is 438 g/mol. The van der Waals surface area contributed by atoms with Gasteiger partial charge in [-0.05, 0) is 18.1 Å². The van der Waals surface area contributed by atoms with E-state index in [-0.39, 0.29) is 37.0 Å². The SMILES string of the molecule is O=C(CCCC(=O)OCc1cccc([N+](=O)[O-])c1F)OCc1ccc(F)c([N+](=O)[O-])c1. The molecule has 0 aliphatic heterocycles. The van der Waals surface area contributed by atoms with Crippen molar-refractivity contribution in [1.82, 2.24) is 0 Å². The predicted molar refractivity (Wildman–Crippen MR) is 99.6 cm³/mol. The van der Waals surface area contributed by atoms with Gasteiger partial charge in [0.15, 0.2) is 0 Å². The largest absolute Gasteiger partial charge is 0.461 e. The summed E-state index contributed by atoms with van der Waals surface area (Å²) in [5, 5.41) is 21.4. The molecule has 0 heterocycles. The zero-order valence-corrected chi connectivity index (χ0v) is 15.9. The molecule has 31 heavy (non-hydrogen) atoms. The molecular formula is C19H16F2N2O8. The van der Waals surface area contributed by atoms with Crippen LogP contribution in [-0.2, 0) is 32.3 Å². The van der Waals surface area contributed by atoms with Gasteiger partial charge in [0.2, 0.25) is 11.6 Å². The van der Waals surface area contributed by atoms with Gasteiger partial charge in [-0.3, -0.25) is 29.8 Å². The average Bonchev–Trinajstić information content (AvgIpc) is 2.72. The fraction of sp³-hybridized carbons (Fsp3) is 0.263. The number of benzene rings is 2. The summed E-state index contributed by atoms with van der Waals surface area (Å²) in [5.74, 6) is -3.54. The van der Waals surface area contributed by atoms with Crippen molar-refractivity contribution in [2.24, 2.45) is 0 Å². The molecule has 2 rings (SSSR count). The molecular weight excluding hydrogens is 422 g/mol. The Labute approximate surface area is 173 Å². The highest BCUT2D eigenvalue weighted by Gasteiger charge is 2.18. The molecule has 164 valence electrons. The molecule has 0 amide bonds. The molecule has 0 aliphatic rings. The normalized spacial score (nSPS) is 10.4. The van der Waals surface area contributed by atoms with Crippen LogP contribution in [0.5, 0.6) is 0 Å². The van der Waals surface area contributed by atoms with Gasteiger partial charge in [0, 0.05) is 30.5 Å². The second kappa shape index (κ2) is 10.7. The van der Waals surface area contributed by atoms with Crippen molar-refractivity contribution in [3.05, 3.63) is 79.4 Å². The first-order chi connectivity index (χ1) is 14.7. The summed E-state index contributed by atoms with van der Waals surface area (Å²) in [6.07, 6.45) is -0.296. The summed E-state index contributed by atoms with van der Waals surface area (Å²) >= 11 is 0. The Morgan fingerprint density at radius 3 is 2.10 bits per heavy atom. The van der Waals surface area contributed by atoms with Gasteiger partial charge in [0.25, 0.3) is 0 Å². The molecule has 0 aromatic heterocycles. The number of rotatable bonds is 10. The lowest BCUT2D eigenvalue weighted by atomic mass is 10.2. The lowest BCUT2D eigenvalue weighted by Crippen LogP contribution is -2.09. The van der Waals surface area contributed by atoms with Crippen LogP contribution in [0.25, 0.3) is 0 Å². The van der Waals surface area contributed by atoms with Crippen molar-refractivity contribution >= 4 is 23.3 Å². The molecule has 0 atom stereocenters. The lowest BCUT2D eigenvalue weighted by Gasteiger charge is -2.07. The van der Waals surface area contributed by atoms with Gasteiger partial charge in [-0.25, -0.2) is 0 Å². The van der Waals surface area contributed by atoms with Crippen molar-refractivity contribution in [2.75, 3.05) is 0 Å². The van der Waals surface area contributed by atoms with Crippen LogP contribution in [0.4, 0.5) is 20.2 Å². The maximum atomic E-state index is 13.9. The smallest absolute Gasteiger partial charge is 0.306 e. The van der Waals surface area contributed by atoms with Crippen molar-refractivity contribution in [3.63, 3.8) is 0 Å². The standard InChI is InChI=1S/C19H16F2N2O8/c20-14-8-7-12(9-16(14)23(28)29)10-30-17(24)5-2-6-18(25)31-11-13-3-1-4-15(19(13)21)22(26)27/h1,3-4,7-9H,2,5-6,10-11H2. The number of nitro groups is 2. The summed E-state index contributed by atoms with van der Waals surface area (Å²) in [4.78, 5) is 43.0. The minimum Gasteiger partial charge on any atom is -0.461 e. The molecule has 0 aliphatic carbocycles. The fourth-order valence-electron chi connectivity index (χ4n) is 2.45. The third kappa shape index (κ3) is 6.80. The number of nitro benzene ring substituents is 2. The van der Waals surface area contributed by atoms with Crippen molar-refractivity contribution < 1.29 is 37.7 Å². The number of halogens is 2. The van der Waals surface area contributed by atoms with E-state index in [0.29, 0.717) is 0 Å². The number of hydrogen-bond donors (Lipinski definition) is 0. The average molecular weight is 438 g/mol. The van der Waals surface area contributed by atoms with Gasteiger partial charge in [-0.2, -0.15) is 8.78 Å². The van der Waals surface area contributed by atoms with Crippen LogP contribution in [0, 0.1) is 31.9 Å². The predicted octanol–water partition coefficient (Wildman–Crippen LogP) is 3.74. The van der Waals surface area contributed by atoms with Gasteiger partial charge >= 0.3 is 23.3 Å². The zero-order chi connectivity index (χ0) is 23.0. The van der Waals surface area contributed by atoms with Crippen molar-refractivity contribution in [2.45, 2.75) is 32.5 Å². The Morgan fingerprint density at radius 1 is 0.871 bits per heavy atom. The second-order valence-corrected chi connectivity index (χ2v) is 6.23. The van der Waals surface area contributed by atoms with Gasteiger partial charge in [0.05, 0.1) is 9.85 Å². The number of carbonyl (C=O) groups is 2. The van der Waals surface area contributed by atoms with Gasteiger partial charge < -0.3 is 9.47 Å². The molecule has 0 bridgehead atoms. The van der Waals surface area contributed by atoms with E-state index in [0.717, 1.165) is 18.2 Å². The van der Waals surface area contributed by atoms with Gasteiger partial charge in [-0.15, -0.1) is 0 Å². The zero-order valence-electron chi connectivity index (χ0n) is 15.9. The molecule has 0 radical (unpaired) electrons. The van der Waals surface area contributed by atoms with Crippen LogP contribution < -0.4 is 0 Å². The molecule has 0 fully saturated rings. The first kappa shape index (κ1) is 23.3. The summed E-state index contributed by atoms with van der Waals surface area (Å²) in [6, 6.07) is 6.56. The molecule has 2 aromatic rings. The first-order valence-electron chi connectivity index (χ1n) is 8.85. The van der Waals surface area contributed by atoms with Gasteiger partial charge in [-0.1, -0.05) is 18.2 Å². The molecule has 0 saturated heterocycles. The van der Waals surface area contributed by atoms with Crippen molar-refractivity contribution in [1.29, 1.82) is 0 Å². The van der Waals surface area contributed by atoms with E-state index in [9.17, 15) is 38.6 Å².